The zero-order valence-corrected chi connectivity index (χ0v) is 14.6. The summed E-state index contributed by atoms with van der Waals surface area (Å²) in [5.74, 6) is 1.83. The number of methoxy groups -OCH3 is 1. The number of pyridine rings is 1. The molecule has 0 saturated heterocycles. The molecule has 0 atom stereocenters. The molecule has 0 saturated carbocycles. The lowest BCUT2D eigenvalue weighted by molar-refractivity contribution is 0.302. The summed E-state index contributed by atoms with van der Waals surface area (Å²) < 4.78 is 7.58. The van der Waals surface area contributed by atoms with Gasteiger partial charge in [0.2, 0.25) is 0 Å². The van der Waals surface area contributed by atoms with E-state index in [2.05, 4.69) is 33.6 Å². The first-order chi connectivity index (χ1) is 12.2. The second kappa shape index (κ2) is 6.69. The number of ether oxygens (including phenoxy) is 1. The van der Waals surface area contributed by atoms with E-state index in [1.807, 2.05) is 36.5 Å². The van der Waals surface area contributed by atoms with Gasteiger partial charge < -0.3 is 14.2 Å². The van der Waals surface area contributed by atoms with E-state index < -0.39 is 0 Å². The third kappa shape index (κ3) is 3.15. The van der Waals surface area contributed by atoms with E-state index in [9.17, 15) is 0 Å². The van der Waals surface area contributed by atoms with Gasteiger partial charge in [-0.1, -0.05) is 18.2 Å². The smallest absolute Gasteiger partial charge is 0.159 e. The second-order valence-electron chi connectivity index (χ2n) is 6.47. The molecule has 2 aromatic heterocycles. The van der Waals surface area contributed by atoms with Gasteiger partial charge >= 0.3 is 0 Å². The molecule has 0 spiro atoms. The molecule has 1 aliphatic heterocycles. The Morgan fingerprint density at radius 1 is 1.12 bits per heavy atom. The Hall–Kier alpha value is -2.66. The molecule has 0 fully saturated rings. The van der Waals surface area contributed by atoms with Crippen molar-refractivity contribution < 1.29 is 4.74 Å². The van der Waals surface area contributed by atoms with Crippen LogP contribution in [0.2, 0.25) is 0 Å². The predicted octanol–water partition coefficient (Wildman–Crippen LogP) is 2.99. The van der Waals surface area contributed by atoms with Crippen LogP contribution in [0.4, 0.5) is 0 Å². The van der Waals surface area contributed by atoms with E-state index in [0.717, 1.165) is 43.3 Å². The highest BCUT2D eigenvalue weighted by Gasteiger charge is 2.23. The van der Waals surface area contributed by atoms with Crippen molar-refractivity contribution in [3.05, 3.63) is 65.6 Å². The van der Waals surface area contributed by atoms with Gasteiger partial charge in [0.05, 0.1) is 18.5 Å². The Bertz CT molecular complexity index is 855. The molecule has 1 aromatic carbocycles. The first-order valence-corrected chi connectivity index (χ1v) is 8.56. The number of nitrogens with zero attached hydrogens (tertiary/aromatic N) is 4. The van der Waals surface area contributed by atoms with Gasteiger partial charge in [-0.15, -0.1) is 0 Å². The molecule has 0 radical (unpaired) electrons. The van der Waals surface area contributed by atoms with Crippen molar-refractivity contribution in [3.8, 4) is 17.3 Å². The van der Waals surface area contributed by atoms with Crippen molar-refractivity contribution in [2.75, 3.05) is 20.7 Å². The summed E-state index contributed by atoms with van der Waals surface area (Å²) in [6.07, 6.45) is 2.81. The van der Waals surface area contributed by atoms with Crippen LogP contribution in [0.15, 0.2) is 48.7 Å². The largest absolute Gasteiger partial charge is 0.497 e. The number of fused-ring (bicyclic) bond motifs is 1. The zero-order valence-electron chi connectivity index (χ0n) is 14.6. The lowest BCUT2D eigenvalue weighted by Crippen LogP contribution is -2.28. The number of likely N-dealkylation sites (N-methyl/N-ethyl adjacent to an activating group) is 1. The van der Waals surface area contributed by atoms with Crippen molar-refractivity contribution in [3.63, 3.8) is 0 Å². The van der Waals surface area contributed by atoms with Crippen LogP contribution in [0.5, 0.6) is 5.75 Å². The monoisotopic (exact) mass is 334 g/mol. The van der Waals surface area contributed by atoms with Crippen molar-refractivity contribution in [1.29, 1.82) is 0 Å². The first kappa shape index (κ1) is 15.8. The Kier molecular flexibility index (Phi) is 4.24. The van der Waals surface area contributed by atoms with Gasteiger partial charge in [0.1, 0.15) is 11.4 Å². The number of benzene rings is 1. The van der Waals surface area contributed by atoms with Crippen molar-refractivity contribution in [1.82, 2.24) is 19.4 Å². The first-order valence-electron chi connectivity index (χ1n) is 8.56. The maximum atomic E-state index is 5.27. The van der Waals surface area contributed by atoms with Crippen LogP contribution >= 0.6 is 0 Å². The predicted molar refractivity (Wildman–Crippen MR) is 97.6 cm³/mol. The standard InChI is InChI=1S/C20H22N4O/c1-23-12-10-17-19(14-23)24(13-15-6-8-16(25-2)9-7-15)20(22-17)18-5-3-4-11-21-18/h3-9,11H,10,12-14H2,1-2H3. The third-order valence-corrected chi connectivity index (χ3v) is 4.70. The summed E-state index contributed by atoms with van der Waals surface area (Å²) in [6, 6.07) is 14.2. The highest BCUT2D eigenvalue weighted by atomic mass is 16.5. The summed E-state index contributed by atoms with van der Waals surface area (Å²) in [6.45, 7) is 2.76. The molecule has 0 aliphatic carbocycles. The van der Waals surface area contributed by atoms with Crippen LogP contribution in [0.3, 0.4) is 0 Å². The molecule has 5 heteroatoms. The molecule has 0 N–H and O–H groups in total. The molecule has 3 aromatic rings. The summed E-state index contributed by atoms with van der Waals surface area (Å²) in [4.78, 5) is 11.8. The average molecular weight is 334 g/mol. The van der Waals surface area contributed by atoms with E-state index in [1.54, 1.807) is 7.11 Å². The molecule has 0 amide bonds. The van der Waals surface area contributed by atoms with E-state index >= 15 is 0 Å². The zero-order chi connectivity index (χ0) is 17.2. The maximum Gasteiger partial charge on any atom is 0.159 e. The fourth-order valence-corrected chi connectivity index (χ4v) is 3.32. The molecule has 0 bridgehead atoms. The molecule has 0 unspecified atom stereocenters. The molecule has 5 nitrogen and oxygen atoms in total. The Labute approximate surface area is 147 Å². The lowest BCUT2D eigenvalue weighted by Gasteiger charge is -2.23. The molecule has 25 heavy (non-hydrogen) atoms. The normalized spacial score (nSPS) is 14.3. The summed E-state index contributed by atoms with van der Waals surface area (Å²) in [5.41, 5.74) is 4.65. The van der Waals surface area contributed by atoms with Gasteiger partial charge in [-0.2, -0.15) is 0 Å². The van der Waals surface area contributed by atoms with E-state index in [1.165, 1.54) is 17.0 Å². The molecular weight excluding hydrogens is 312 g/mol. The van der Waals surface area contributed by atoms with E-state index in [-0.39, 0.29) is 0 Å². The minimum atomic E-state index is 0.784. The van der Waals surface area contributed by atoms with Gasteiger partial charge in [-0.25, -0.2) is 4.98 Å². The van der Waals surface area contributed by atoms with Crippen LogP contribution in [0, 0.1) is 0 Å². The third-order valence-electron chi connectivity index (χ3n) is 4.70. The number of aromatic nitrogens is 3. The highest BCUT2D eigenvalue weighted by Crippen LogP contribution is 2.26. The van der Waals surface area contributed by atoms with Crippen LogP contribution < -0.4 is 4.74 Å². The van der Waals surface area contributed by atoms with Gasteiger partial charge in [0, 0.05) is 32.3 Å². The minimum Gasteiger partial charge on any atom is -0.497 e. The highest BCUT2D eigenvalue weighted by molar-refractivity contribution is 5.52. The van der Waals surface area contributed by atoms with E-state index in [0.29, 0.717) is 0 Å². The van der Waals surface area contributed by atoms with Crippen LogP contribution in [-0.2, 0) is 19.5 Å². The minimum absolute atomic E-state index is 0.784. The van der Waals surface area contributed by atoms with Crippen LogP contribution in [-0.4, -0.2) is 40.1 Å². The number of hydrogen-bond acceptors (Lipinski definition) is 4. The molecule has 128 valence electrons. The molecular formula is C20H22N4O. The fraction of sp³-hybridized carbons (Fsp3) is 0.300. The Morgan fingerprint density at radius 3 is 2.68 bits per heavy atom. The van der Waals surface area contributed by atoms with E-state index in [4.69, 9.17) is 9.72 Å². The maximum absolute atomic E-state index is 5.27. The van der Waals surface area contributed by atoms with Gasteiger partial charge in [0.25, 0.3) is 0 Å². The average Bonchev–Trinajstić information content (AvgIpc) is 3.01. The van der Waals surface area contributed by atoms with Crippen molar-refractivity contribution in [2.45, 2.75) is 19.5 Å². The second-order valence-corrected chi connectivity index (χ2v) is 6.47. The summed E-state index contributed by atoms with van der Waals surface area (Å²) in [7, 11) is 3.85. The lowest BCUT2D eigenvalue weighted by atomic mass is 10.1. The fourth-order valence-electron chi connectivity index (χ4n) is 3.32. The van der Waals surface area contributed by atoms with Crippen LogP contribution in [0.1, 0.15) is 17.0 Å². The number of hydrogen-bond donors (Lipinski definition) is 0. The SMILES string of the molecule is COc1ccc(Cn2c(-c3ccccn3)nc3c2CN(C)CC3)cc1. The topological polar surface area (TPSA) is 43.2 Å². The van der Waals surface area contributed by atoms with Crippen molar-refractivity contribution >= 4 is 0 Å². The Balaban J connectivity index is 1.77. The molecule has 4 rings (SSSR count). The summed E-state index contributed by atoms with van der Waals surface area (Å²) in [5, 5.41) is 0. The number of rotatable bonds is 4. The summed E-state index contributed by atoms with van der Waals surface area (Å²) >= 11 is 0. The number of imidazole rings is 1. The Morgan fingerprint density at radius 2 is 1.96 bits per heavy atom. The van der Waals surface area contributed by atoms with Gasteiger partial charge in [-0.3, -0.25) is 4.98 Å². The van der Waals surface area contributed by atoms with Crippen LogP contribution in [0.25, 0.3) is 11.5 Å². The van der Waals surface area contributed by atoms with Gasteiger partial charge in [-0.05, 0) is 36.9 Å². The quantitative estimate of drug-likeness (QED) is 0.736. The molecule has 1 aliphatic rings. The van der Waals surface area contributed by atoms with Gasteiger partial charge in [0.15, 0.2) is 5.82 Å². The molecule has 3 heterocycles. The van der Waals surface area contributed by atoms with Crippen molar-refractivity contribution in [2.24, 2.45) is 0 Å².